The first-order valence-electron chi connectivity index (χ1n) is 7.73. The molecule has 0 unspecified atom stereocenters. The monoisotopic (exact) mass is 360 g/mol. The second-order valence-electron chi connectivity index (χ2n) is 5.31. The molecular formula is C19H20O5S. The van der Waals surface area contributed by atoms with Crippen LogP contribution in [0.3, 0.4) is 0 Å². The number of ether oxygens (including phenoxy) is 2. The lowest BCUT2D eigenvalue weighted by Crippen LogP contribution is -2.08. The number of rotatable bonds is 6. The van der Waals surface area contributed by atoms with Crippen molar-refractivity contribution in [3.8, 4) is 5.75 Å². The number of carbonyl (C=O) groups excluding carboxylic acids is 1. The van der Waals surface area contributed by atoms with E-state index in [2.05, 4.69) is 0 Å². The van der Waals surface area contributed by atoms with Gasteiger partial charge in [-0.05, 0) is 55.8 Å². The Morgan fingerprint density at radius 3 is 2.16 bits per heavy atom. The number of hydrogen-bond acceptors (Lipinski definition) is 5. The zero-order valence-corrected chi connectivity index (χ0v) is 15.2. The summed E-state index contributed by atoms with van der Waals surface area (Å²) >= 11 is 0. The Kier molecular flexibility index (Phi) is 5.98. The first-order valence-corrected chi connectivity index (χ1v) is 9.21. The number of hydrogen-bond donors (Lipinski definition) is 0. The molecular weight excluding hydrogens is 340 g/mol. The van der Waals surface area contributed by atoms with E-state index in [1.165, 1.54) is 19.2 Å². The van der Waals surface area contributed by atoms with Crippen molar-refractivity contribution in [1.82, 2.24) is 0 Å². The second kappa shape index (κ2) is 7.98. The van der Waals surface area contributed by atoms with Crippen LogP contribution in [0, 0.1) is 6.92 Å². The molecule has 0 fully saturated rings. The van der Waals surface area contributed by atoms with Gasteiger partial charge in [0.05, 0.1) is 23.5 Å². The van der Waals surface area contributed by atoms with E-state index in [0.717, 1.165) is 11.6 Å². The normalized spacial score (nSPS) is 11.9. The molecule has 5 nitrogen and oxygen atoms in total. The summed E-state index contributed by atoms with van der Waals surface area (Å²) in [4.78, 5) is 11.9. The molecule has 0 heterocycles. The Hall–Kier alpha value is -2.60. The van der Waals surface area contributed by atoms with Gasteiger partial charge in [0, 0.05) is 6.08 Å². The number of methoxy groups -OCH3 is 1. The highest BCUT2D eigenvalue weighted by atomic mass is 32.2. The number of sulfone groups is 1. The van der Waals surface area contributed by atoms with Gasteiger partial charge in [-0.15, -0.1) is 0 Å². The van der Waals surface area contributed by atoms with Gasteiger partial charge >= 0.3 is 5.97 Å². The molecule has 0 aromatic heterocycles. The number of benzene rings is 2. The number of aryl methyl sites for hydroxylation is 1. The van der Waals surface area contributed by atoms with E-state index in [-0.39, 0.29) is 16.4 Å². The molecule has 2 aromatic carbocycles. The Balaban J connectivity index is 2.57. The first kappa shape index (κ1) is 18.7. The van der Waals surface area contributed by atoms with E-state index in [1.807, 2.05) is 6.92 Å². The summed E-state index contributed by atoms with van der Waals surface area (Å²) < 4.78 is 36.0. The molecule has 0 aliphatic carbocycles. The molecule has 0 bridgehead atoms. The Morgan fingerprint density at radius 1 is 1.04 bits per heavy atom. The predicted octanol–water partition coefficient (Wildman–Crippen LogP) is 3.38. The van der Waals surface area contributed by atoms with Crippen LogP contribution in [0.4, 0.5) is 0 Å². The highest BCUT2D eigenvalue weighted by molar-refractivity contribution is 8.00. The fourth-order valence-electron chi connectivity index (χ4n) is 2.21. The lowest BCUT2D eigenvalue weighted by Gasteiger charge is -2.11. The SMILES string of the molecule is CCOC(=O)/C=C(/c1ccc(OC)cc1)S(=O)(=O)c1ccc(C)cc1. The maximum Gasteiger partial charge on any atom is 0.332 e. The molecule has 2 aromatic rings. The van der Waals surface area contributed by atoms with Crippen LogP contribution < -0.4 is 4.74 Å². The highest BCUT2D eigenvalue weighted by Crippen LogP contribution is 2.29. The van der Waals surface area contributed by atoms with Crippen LogP contribution in [-0.2, 0) is 19.4 Å². The minimum absolute atomic E-state index is 0.113. The van der Waals surface area contributed by atoms with Gasteiger partial charge in [-0.1, -0.05) is 17.7 Å². The minimum Gasteiger partial charge on any atom is -0.497 e. The second-order valence-corrected chi connectivity index (χ2v) is 7.22. The van der Waals surface area contributed by atoms with E-state index >= 15 is 0 Å². The molecule has 0 radical (unpaired) electrons. The molecule has 0 N–H and O–H groups in total. The first-order chi connectivity index (χ1) is 11.9. The van der Waals surface area contributed by atoms with Crippen molar-refractivity contribution < 1.29 is 22.7 Å². The molecule has 0 spiro atoms. The van der Waals surface area contributed by atoms with Crippen molar-refractivity contribution in [2.75, 3.05) is 13.7 Å². The maximum atomic E-state index is 13.0. The van der Waals surface area contributed by atoms with Crippen molar-refractivity contribution >= 4 is 20.7 Å². The standard InChI is InChI=1S/C19H20O5S/c1-4-24-19(20)13-18(15-7-9-16(23-3)10-8-15)25(21,22)17-11-5-14(2)6-12-17/h5-13H,4H2,1-3H3/b18-13-. The third-order valence-electron chi connectivity index (χ3n) is 3.53. The van der Waals surface area contributed by atoms with Crippen molar-refractivity contribution in [3.63, 3.8) is 0 Å². The van der Waals surface area contributed by atoms with Crippen molar-refractivity contribution in [2.24, 2.45) is 0 Å². The molecule has 25 heavy (non-hydrogen) atoms. The molecule has 0 atom stereocenters. The van der Waals surface area contributed by atoms with Gasteiger partial charge in [0.2, 0.25) is 9.84 Å². The van der Waals surface area contributed by atoms with Crippen molar-refractivity contribution in [3.05, 3.63) is 65.7 Å². The Morgan fingerprint density at radius 2 is 1.64 bits per heavy atom. The van der Waals surface area contributed by atoms with Crippen LogP contribution in [0.2, 0.25) is 0 Å². The van der Waals surface area contributed by atoms with E-state index in [0.29, 0.717) is 11.3 Å². The van der Waals surface area contributed by atoms with E-state index in [1.54, 1.807) is 43.3 Å². The van der Waals surface area contributed by atoms with Crippen molar-refractivity contribution in [1.29, 1.82) is 0 Å². The average molecular weight is 360 g/mol. The van der Waals surface area contributed by atoms with E-state index in [9.17, 15) is 13.2 Å². The van der Waals surface area contributed by atoms with Crippen LogP contribution >= 0.6 is 0 Å². The fourth-order valence-corrected chi connectivity index (χ4v) is 3.65. The molecule has 0 saturated carbocycles. The molecule has 0 aliphatic heterocycles. The third kappa shape index (κ3) is 4.48. The zero-order valence-electron chi connectivity index (χ0n) is 14.4. The lowest BCUT2D eigenvalue weighted by atomic mass is 10.2. The fraction of sp³-hybridized carbons (Fsp3) is 0.211. The molecule has 6 heteroatoms. The summed E-state index contributed by atoms with van der Waals surface area (Å²) in [6.07, 6.45) is 1.01. The van der Waals surface area contributed by atoms with Crippen LogP contribution in [0.25, 0.3) is 4.91 Å². The largest absolute Gasteiger partial charge is 0.497 e. The number of carbonyl (C=O) groups is 1. The van der Waals surface area contributed by atoms with E-state index in [4.69, 9.17) is 9.47 Å². The predicted molar refractivity (Wildman–Crippen MR) is 96.0 cm³/mol. The molecule has 0 amide bonds. The Labute approximate surface area is 147 Å². The van der Waals surface area contributed by atoms with Gasteiger partial charge in [-0.2, -0.15) is 0 Å². The molecule has 0 aliphatic rings. The topological polar surface area (TPSA) is 69.7 Å². The van der Waals surface area contributed by atoms with Gasteiger partial charge in [-0.25, -0.2) is 13.2 Å². The summed E-state index contributed by atoms with van der Waals surface area (Å²) in [5.74, 6) is -0.115. The van der Waals surface area contributed by atoms with Gasteiger partial charge in [0.15, 0.2) is 0 Å². The van der Waals surface area contributed by atoms with Gasteiger partial charge in [0.1, 0.15) is 5.75 Å². The quantitative estimate of drug-likeness (QED) is 0.583. The summed E-state index contributed by atoms with van der Waals surface area (Å²) in [6.45, 7) is 3.69. The Bertz CT molecular complexity index is 863. The van der Waals surface area contributed by atoms with E-state index < -0.39 is 15.8 Å². The zero-order chi connectivity index (χ0) is 18.4. The third-order valence-corrected chi connectivity index (χ3v) is 5.36. The molecule has 132 valence electrons. The van der Waals surface area contributed by atoms with Crippen LogP contribution in [0.15, 0.2) is 59.5 Å². The summed E-state index contributed by atoms with van der Waals surface area (Å²) in [7, 11) is -2.36. The minimum atomic E-state index is -3.88. The summed E-state index contributed by atoms with van der Waals surface area (Å²) in [6, 6.07) is 12.9. The lowest BCUT2D eigenvalue weighted by molar-refractivity contribution is -0.137. The molecule has 0 saturated heterocycles. The van der Waals surface area contributed by atoms with Crippen molar-refractivity contribution in [2.45, 2.75) is 18.7 Å². The molecule has 2 rings (SSSR count). The van der Waals surface area contributed by atoms with Crippen LogP contribution in [0.5, 0.6) is 5.75 Å². The highest BCUT2D eigenvalue weighted by Gasteiger charge is 2.24. The summed E-state index contributed by atoms with van der Waals surface area (Å²) in [5, 5.41) is 0. The smallest absolute Gasteiger partial charge is 0.332 e. The maximum absolute atomic E-state index is 13.0. The van der Waals surface area contributed by atoms with Gasteiger partial charge in [-0.3, -0.25) is 0 Å². The average Bonchev–Trinajstić information content (AvgIpc) is 2.60. The van der Waals surface area contributed by atoms with Gasteiger partial charge in [0.25, 0.3) is 0 Å². The summed E-state index contributed by atoms with van der Waals surface area (Å²) in [5.41, 5.74) is 1.33. The van der Waals surface area contributed by atoms with Gasteiger partial charge < -0.3 is 9.47 Å². The number of esters is 1. The van der Waals surface area contributed by atoms with Crippen LogP contribution in [-0.4, -0.2) is 28.1 Å². The van der Waals surface area contributed by atoms with Crippen LogP contribution in [0.1, 0.15) is 18.1 Å².